The van der Waals surface area contributed by atoms with Crippen molar-refractivity contribution in [1.29, 1.82) is 0 Å². The van der Waals surface area contributed by atoms with Gasteiger partial charge in [0.1, 0.15) is 0 Å². The summed E-state index contributed by atoms with van der Waals surface area (Å²) in [6.07, 6.45) is 13.8. The topological polar surface area (TPSA) is 146 Å². The van der Waals surface area contributed by atoms with Crippen LogP contribution in [0.15, 0.2) is 401 Å². The van der Waals surface area contributed by atoms with Crippen molar-refractivity contribution in [3.8, 4) is 67.3 Å². The number of benzene rings is 12. The second-order valence-electron chi connectivity index (χ2n) is 24.7. The van der Waals surface area contributed by atoms with E-state index < -0.39 is 28.6 Å². The molecule has 0 aliphatic rings. The van der Waals surface area contributed by atoms with E-state index in [0.717, 1.165) is 76.3 Å². The minimum Gasteiger partial charge on any atom is -0.309 e. The standard InChI is InChI=1S/C46H34N2O2P2.C44H32N4O2P2/c49-51(39-13-5-1-6-14-39,40-15-7-2-8-16-40)45-33-37(21-23-43(45)35-25-29-47-30-26-35)38-22-24-44(36-27-31-48-32-28-36)46(34-38)52(50,41-17-9-3-10-18-41)42-19-11-4-12-20-42;49-51(35-15-5-1-6-16-35,36-17-7-2-8-18-36)41-31-33(23-25-39(41)43-45-27-13-28-46-43)34-24-26-40(44-47-29-14-30-48-44)42(32-34)52(50,37-19-9-3-10-20-37)38-21-11-4-12-22-38/h1-34H;1-32H. The van der Waals surface area contributed by atoms with Crippen molar-refractivity contribution in [2.75, 3.05) is 0 Å². The van der Waals surface area contributed by atoms with Crippen LogP contribution < -0.4 is 63.7 Å². The Kier molecular flexibility index (Phi) is 19.8. The zero-order valence-electron chi connectivity index (χ0n) is 56.2. The minimum absolute atomic E-state index is 0.478. The van der Waals surface area contributed by atoms with Gasteiger partial charge in [0.05, 0.1) is 0 Å². The number of rotatable bonds is 18. The zero-order chi connectivity index (χ0) is 70.8. The second kappa shape index (κ2) is 30.3. The van der Waals surface area contributed by atoms with Gasteiger partial charge in [-0.2, -0.15) is 0 Å². The molecular weight excluding hydrogens is 1350 g/mol. The second-order valence-corrected chi connectivity index (χ2v) is 35.6. The predicted molar refractivity (Wildman–Crippen MR) is 430 cm³/mol. The number of pyridine rings is 2. The molecular formula is C90H66N6O4P4. The van der Waals surface area contributed by atoms with Crippen molar-refractivity contribution in [2.24, 2.45) is 0 Å². The lowest BCUT2D eigenvalue weighted by Crippen LogP contribution is -2.27. The molecule has 0 unspecified atom stereocenters. The molecule has 0 fully saturated rings. The van der Waals surface area contributed by atoms with Crippen LogP contribution >= 0.6 is 28.6 Å². The molecule has 500 valence electrons. The summed E-state index contributed by atoms with van der Waals surface area (Å²) < 4.78 is 63.8. The van der Waals surface area contributed by atoms with Gasteiger partial charge < -0.3 is 18.3 Å². The fourth-order valence-corrected chi connectivity index (χ4v) is 25.1. The summed E-state index contributed by atoms with van der Waals surface area (Å²) in [5.41, 5.74) is 8.29. The van der Waals surface area contributed by atoms with Gasteiger partial charge in [-0.1, -0.05) is 279 Å². The van der Waals surface area contributed by atoms with Gasteiger partial charge in [-0.05, 0) is 117 Å². The van der Waals surface area contributed by atoms with Gasteiger partial charge in [-0.15, -0.1) is 0 Å². The summed E-state index contributed by atoms with van der Waals surface area (Å²) in [6.45, 7) is 0. The van der Waals surface area contributed by atoms with E-state index >= 15 is 18.3 Å². The Bertz CT molecular complexity index is 4930. The first kappa shape index (κ1) is 67.8. The molecule has 0 N–H and O–H groups in total. The van der Waals surface area contributed by atoms with Crippen LogP contribution in [0.2, 0.25) is 0 Å². The van der Waals surface area contributed by atoms with Crippen LogP contribution in [0.1, 0.15) is 0 Å². The van der Waals surface area contributed by atoms with Crippen LogP contribution in [0, 0.1) is 0 Å². The van der Waals surface area contributed by atoms with E-state index in [-0.39, 0.29) is 0 Å². The molecule has 16 rings (SSSR count). The molecule has 0 spiro atoms. The van der Waals surface area contributed by atoms with Crippen LogP contribution in [0.3, 0.4) is 0 Å². The van der Waals surface area contributed by atoms with Crippen LogP contribution in [-0.2, 0) is 18.3 Å². The molecule has 0 atom stereocenters. The largest absolute Gasteiger partial charge is 0.309 e. The van der Waals surface area contributed by atoms with E-state index in [2.05, 4.69) is 66.3 Å². The molecule has 12 aromatic carbocycles. The lowest BCUT2D eigenvalue weighted by molar-refractivity contribution is 0.591. The Morgan fingerprint density at radius 2 is 0.365 bits per heavy atom. The average molecular weight is 1420 g/mol. The fourth-order valence-electron chi connectivity index (χ4n) is 13.5. The first-order valence-electron chi connectivity index (χ1n) is 33.9. The summed E-state index contributed by atoms with van der Waals surface area (Å²) in [5, 5.41) is 8.47. The molecule has 0 saturated heterocycles. The molecule has 0 amide bonds. The van der Waals surface area contributed by atoms with E-state index in [1.54, 1.807) is 61.7 Å². The quantitative estimate of drug-likeness (QED) is 0.0761. The maximum atomic E-state index is 16.0. The van der Waals surface area contributed by atoms with Crippen molar-refractivity contribution in [3.05, 3.63) is 401 Å². The predicted octanol–water partition coefficient (Wildman–Crippen LogP) is 16.3. The highest BCUT2D eigenvalue weighted by Crippen LogP contribution is 2.51. The lowest BCUT2D eigenvalue weighted by atomic mass is 9.98. The fraction of sp³-hybridized carbons (Fsp3) is 0. The van der Waals surface area contributed by atoms with Crippen molar-refractivity contribution in [3.63, 3.8) is 0 Å². The molecule has 16 aromatic rings. The summed E-state index contributed by atoms with van der Waals surface area (Å²) in [4.78, 5) is 26.9. The van der Waals surface area contributed by atoms with Gasteiger partial charge in [0.2, 0.25) is 0 Å². The van der Waals surface area contributed by atoms with Crippen LogP contribution in [0.25, 0.3) is 67.3 Å². The van der Waals surface area contributed by atoms with Crippen molar-refractivity contribution < 1.29 is 18.3 Å². The number of hydrogen-bond acceptors (Lipinski definition) is 10. The van der Waals surface area contributed by atoms with Crippen LogP contribution in [0.4, 0.5) is 0 Å². The van der Waals surface area contributed by atoms with E-state index in [4.69, 9.17) is 0 Å². The SMILES string of the molecule is O=P(c1ccccc1)(c1ccccc1)c1cc(-c2ccc(-c3ccncc3)c(P(=O)(c3ccccc3)c3ccccc3)c2)ccc1-c1ccncc1.O=P(c1ccccc1)(c1ccccc1)c1cc(-c2ccc(-c3ncccn3)c(P(=O)(c3ccccc3)c3ccccc3)c2)ccc1-c1ncccn1. The van der Waals surface area contributed by atoms with Crippen LogP contribution in [-0.4, -0.2) is 29.9 Å². The maximum absolute atomic E-state index is 16.0. The Balaban J connectivity index is 0.000000167. The molecule has 0 saturated carbocycles. The first-order valence-corrected chi connectivity index (χ1v) is 40.8. The van der Waals surface area contributed by atoms with Crippen molar-refractivity contribution in [1.82, 2.24) is 29.9 Å². The molecule has 14 heteroatoms. The third kappa shape index (κ3) is 13.3. The smallest absolute Gasteiger partial charge is 0.171 e. The van der Waals surface area contributed by atoms with Gasteiger partial charge in [0.15, 0.2) is 40.2 Å². The molecule has 10 nitrogen and oxygen atoms in total. The Labute approximate surface area is 605 Å². The van der Waals surface area contributed by atoms with E-state index in [1.165, 1.54) is 0 Å². The zero-order valence-corrected chi connectivity index (χ0v) is 59.8. The van der Waals surface area contributed by atoms with Crippen LogP contribution in [0.5, 0.6) is 0 Å². The number of hydrogen-bond donors (Lipinski definition) is 0. The molecule has 0 aliphatic heterocycles. The molecule has 4 heterocycles. The van der Waals surface area contributed by atoms with E-state index in [9.17, 15) is 0 Å². The Morgan fingerprint density at radius 1 is 0.173 bits per heavy atom. The Morgan fingerprint density at radius 3 is 0.577 bits per heavy atom. The lowest BCUT2D eigenvalue weighted by Gasteiger charge is -2.25. The highest BCUT2D eigenvalue weighted by Gasteiger charge is 2.38. The molecule has 0 bridgehead atoms. The number of aromatic nitrogens is 6. The number of nitrogens with zero attached hydrogens (tertiary/aromatic N) is 6. The van der Waals surface area contributed by atoms with Crippen molar-refractivity contribution >= 4 is 92.2 Å². The summed E-state index contributed by atoms with van der Waals surface area (Å²) in [7, 11) is -13.8. The highest BCUT2D eigenvalue weighted by atomic mass is 31.2. The maximum Gasteiger partial charge on any atom is 0.171 e. The first-order chi connectivity index (χ1) is 51.1. The Hall–Kier alpha value is -12.0. The summed E-state index contributed by atoms with van der Waals surface area (Å²) in [5.74, 6) is 0.956. The average Bonchev–Trinajstić information content (AvgIpc) is 0.750. The normalized spacial score (nSPS) is 11.6. The molecule has 0 aliphatic carbocycles. The third-order valence-electron chi connectivity index (χ3n) is 18.6. The molecule has 0 radical (unpaired) electrons. The van der Waals surface area contributed by atoms with Crippen molar-refractivity contribution in [2.45, 2.75) is 0 Å². The highest BCUT2D eigenvalue weighted by molar-refractivity contribution is 7.87. The third-order valence-corrected chi connectivity index (χ3v) is 31.0. The monoisotopic (exact) mass is 1420 g/mol. The van der Waals surface area contributed by atoms with Gasteiger partial charge in [-0.3, -0.25) is 9.97 Å². The summed E-state index contributed by atoms with van der Waals surface area (Å²) in [6, 6.07) is 113. The summed E-state index contributed by atoms with van der Waals surface area (Å²) >= 11 is 0. The van der Waals surface area contributed by atoms with E-state index in [1.807, 2.05) is 303 Å². The van der Waals surface area contributed by atoms with Gasteiger partial charge in [0, 0.05) is 124 Å². The van der Waals surface area contributed by atoms with Gasteiger partial charge >= 0.3 is 0 Å². The minimum atomic E-state index is -3.48. The van der Waals surface area contributed by atoms with Gasteiger partial charge in [-0.25, -0.2) is 19.9 Å². The van der Waals surface area contributed by atoms with E-state index in [0.29, 0.717) is 54.6 Å². The van der Waals surface area contributed by atoms with Gasteiger partial charge in [0.25, 0.3) is 0 Å². The molecule has 4 aromatic heterocycles. The molecule has 104 heavy (non-hydrogen) atoms.